The van der Waals surface area contributed by atoms with Gasteiger partial charge in [0.2, 0.25) is 0 Å². The molecule has 2 rings (SSSR count). The van der Waals surface area contributed by atoms with Crippen LogP contribution in [0.2, 0.25) is 5.02 Å². The van der Waals surface area contributed by atoms with Gasteiger partial charge in [-0.15, -0.1) is 0 Å². The summed E-state index contributed by atoms with van der Waals surface area (Å²) >= 11 is 5.83. The Kier molecular flexibility index (Phi) is 2.65. The monoisotopic (exact) mass is 210 g/mol. The highest BCUT2D eigenvalue weighted by Gasteiger charge is 2.02. The third kappa shape index (κ3) is 1.86. The minimum Gasteiger partial charge on any atom is -0.319 e. The Morgan fingerprint density at radius 1 is 1.50 bits per heavy atom. The van der Waals surface area contributed by atoms with E-state index in [1.807, 2.05) is 19.2 Å². The summed E-state index contributed by atoms with van der Waals surface area (Å²) in [4.78, 5) is 4.34. The Balaban J connectivity index is 2.32. The van der Waals surface area contributed by atoms with Crippen molar-refractivity contribution in [3.8, 4) is 0 Å². The lowest BCUT2D eigenvalue weighted by Crippen LogP contribution is -2.11. The van der Waals surface area contributed by atoms with Crippen LogP contribution in [0.15, 0.2) is 18.3 Å². The second-order valence-corrected chi connectivity index (χ2v) is 3.47. The molecule has 0 atom stereocenters. The lowest BCUT2D eigenvalue weighted by molar-refractivity contribution is 0.751. The fraction of sp³-hybridized carbons (Fsp3) is 0.333. The van der Waals surface area contributed by atoms with Crippen molar-refractivity contribution in [3.63, 3.8) is 0 Å². The van der Waals surface area contributed by atoms with Crippen molar-refractivity contribution in [2.24, 2.45) is 0 Å². The van der Waals surface area contributed by atoms with Crippen LogP contribution in [-0.4, -0.2) is 28.2 Å². The van der Waals surface area contributed by atoms with E-state index in [0.717, 1.165) is 24.4 Å². The molecule has 2 heterocycles. The molecule has 2 aromatic heterocycles. The van der Waals surface area contributed by atoms with Crippen LogP contribution >= 0.6 is 11.6 Å². The first-order valence-corrected chi connectivity index (χ1v) is 4.83. The molecule has 1 N–H and O–H groups in total. The molecular weight excluding hydrogens is 200 g/mol. The van der Waals surface area contributed by atoms with E-state index in [1.165, 1.54) is 0 Å². The largest absolute Gasteiger partial charge is 0.319 e. The summed E-state index contributed by atoms with van der Waals surface area (Å²) in [5.74, 6) is 0.835. The van der Waals surface area contributed by atoms with Gasteiger partial charge in [-0.2, -0.15) is 5.10 Å². The van der Waals surface area contributed by atoms with Gasteiger partial charge in [0, 0.05) is 19.2 Å². The summed E-state index contributed by atoms with van der Waals surface area (Å²) in [6.45, 7) is 0.880. The first-order valence-electron chi connectivity index (χ1n) is 4.45. The SMILES string of the molecule is CNCCc1nc2ccc(Cl)cn2n1. The summed E-state index contributed by atoms with van der Waals surface area (Å²) < 4.78 is 1.70. The fourth-order valence-corrected chi connectivity index (χ4v) is 1.40. The lowest BCUT2D eigenvalue weighted by atomic mass is 10.4. The zero-order valence-electron chi connectivity index (χ0n) is 7.87. The van der Waals surface area contributed by atoms with Gasteiger partial charge in [0.15, 0.2) is 11.5 Å². The number of likely N-dealkylation sites (N-methyl/N-ethyl adjacent to an activating group) is 1. The summed E-state index contributed by atoms with van der Waals surface area (Å²) in [6, 6.07) is 3.67. The predicted octanol–water partition coefficient (Wildman–Crippen LogP) is 1.14. The number of nitrogens with zero attached hydrogens (tertiary/aromatic N) is 3. The van der Waals surface area contributed by atoms with Crippen molar-refractivity contribution in [1.82, 2.24) is 19.9 Å². The van der Waals surface area contributed by atoms with Gasteiger partial charge in [0.25, 0.3) is 0 Å². The number of rotatable bonds is 3. The second kappa shape index (κ2) is 3.94. The average Bonchev–Trinajstić information content (AvgIpc) is 2.56. The molecule has 0 unspecified atom stereocenters. The Bertz CT molecular complexity index is 437. The quantitative estimate of drug-likeness (QED) is 0.827. The van der Waals surface area contributed by atoms with E-state index in [1.54, 1.807) is 10.7 Å². The summed E-state index contributed by atoms with van der Waals surface area (Å²) in [5, 5.41) is 8.02. The third-order valence-corrected chi connectivity index (χ3v) is 2.16. The number of hydrogen-bond donors (Lipinski definition) is 1. The second-order valence-electron chi connectivity index (χ2n) is 3.03. The van der Waals surface area contributed by atoms with Crippen LogP contribution in [0, 0.1) is 0 Å². The van der Waals surface area contributed by atoms with E-state index in [9.17, 15) is 0 Å². The van der Waals surface area contributed by atoms with Crippen LogP contribution in [-0.2, 0) is 6.42 Å². The van der Waals surface area contributed by atoms with Gasteiger partial charge >= 0.3 is 0 Å². The van der Waals surface area contributed by atoms with E-state index in [-0.39, 0.29) is 0 Å². The molecule has 4 nitrogen and oxygen atoms in total. The topological polar surface area (TPSA) is 42.2 Å². The van der Waals surface area contributed by atoms with Crippen LogP contribution in [0.4, 0.5) is 0 Å². The van der Waals surface area contributed by atoms with Gasteiger partial charge in [-0.3, -0.25) is 0 Å². The zero-order chi connectivity index (χ0) is 9.97. The molecule has 0 bridgehead atoms. The van der Waals surface area contributed by atoms with Crippen molar-refractivity contribution in [3.05, 3.63) is 29.2 Å². The van der Waals surface area contributed by atoms with Crippen molar-refractivity contribution < 1.29 is 0 Å². The van der Waals surface area contributed by atoms with Crippen LogP contribution in [0.3, 0.4) is 0 Å². The maximum Gasteiger partial charge on any atom is 0.155 e. The number of halogens is 1. The van der Waals surface area contributed by atoms with E-state index in [4.69, 9.17) is 11.6 Å². The number of fused-ring (bicyclic) bond motifs is 1. The van der Waals surface area contributed by atoms with Gasteiger partial charge in [-0.1, -0.05) is 11.6 Å². The Morgan fingerprint density at radius 2 is 2.36 bits per heavy atom. The molecule has 0 aliphatic carbocycles. The molecular formula is C9H11ClN4. The molecule has 0 aromatic carbocycles. The minimum atomic E-state index is 0.669. The van der Waals surface area contributed by atoms with E-state index < -0.39 is 0 Å². The van der Waals surface area contributed by atoms with Crippen molar-refractivity contribution >= 4 is 17.2 Å². The van der Waals surface area contributed by atoms with E-state index in [0.29, 0.717) is 5.02 Å². The first-order chi connectivity index (χ1) is 6.79. The molecule has 0 fully saturated rings. The van der Waals surface area contributed by atoms with Gasteiger partial charge in [0.05, 0.1) is 5.02 Å². The minimum absolute atomic E-state index is 0.669. The fourth-order valence-electron chi connectivity index (χ4n) is 1.25. The number of hydrogen-bond acceptors (Lipinski definition) is 3. The van der Waals surface area contributed by atoms with E-state index in [2.05, 4.69) is 15.4 Å². The Labute approximate surface area is 86.9 Å². The molecule has 2 aromatic rings. The Hall–Kier alpha value is -1.13. The molecule has 0 saturated heterocycles. The van der Waals surface area contributed by atoms with Gasteiger partial charge in [-0.25, -0.2) is 9.50 Å². The van der Waals surface area contributed by atoms with Crippen molar-refractivity contribution in [1.29, 1.82) is 0 Å². The molecule has 0 radical (unpaired) electrons. The number of pyridine rings is 1. The standard InChI is InChI=1S/C9H11ClN4/c1-11-5-4-8-12-9-3-2-7(10)6-14(9)13-8/h2-3,6,11H,4-5H2,1H3. The van der Waals surface area contributed by atoms with Crippen LogP contribution in [0.5, 0.6) is 0 Å². The molecule has 0 saturated carbocycles. The molecule has 0 aliphatic rings. The van der Waals surface area contributed by atoms with Gasteiger partial charge in [0.1, 0.15) is 0 Å². The molecule has 74 valence electrons. The average molecular weight is 211 g/mol. The summed E-state index contributed by atoms with van der Waals surface area (Å²) in [7, 11) is 1.91. The highest BCUT2D eigenvalue weighted by atomic mass is 35.5. The third-order valence-electron chi connectivity index (χ3n) is 1.94. The maximum absolute atomic E-state index is 5.83. The lowest BCUT2D eigenvalue weighted by Gasteiger charge is -1.91. The molecule has 5 heteroatoms. The zero-order valence-corrected chi connectivity index (χ0v) is 8.62. The molecule has 14 heavy (non-hydrogen) atoms. The van der Waals surface area contributed by atoms with Crippen LogP contribution in [0.25, 0.3) is 5.65 Å². The molecule has 0 aliphatic heterocycles. The summed E-state index contributed by atoms with van der Waals surface area (Å²) in [6.07, 6.45) is 2.59. The van der Waals surface area contributed by atoms with Crippen LogP contribution < -0.4 is 5.32 Å². The van der Waals surface area contributed by atoms with Gasteiger partial charge in [-0.05, 0) is 19.2 Å². The predicted molar refractivity (Wildman–Crippen MR) is 55.6 cm³/mol. The normalized spacial score (nSPS) is 11.0. The number of nitrogens with one attached hydrogen (secondary N) is 1. The van der Waals surface area contributed by atoms with Crippen molar-refractivity contribution in [2.75, 3.05) is 13.6 Å². The number of aromatic nitrogens is 3. The highest BCUT2D eigenvalue weighted by molar-refractivity contribution is 6.30. The van der Waals surface area contributed by atoms with Crippen molar-refractivity contribution in [2.45, 2.75) is 6.42 Å². The summed E-state index contributed by atoms with van der Waals surface area (Å²) in [5.41, 5.74) is 0.834. The van der Waals surface area contributed by atoms with Crippen LogP contribution in [0.1, 0.15) is 5.82 Å². The molecule has 0 amide bonds. The van der Waals surface area contributed by atoms with Gasteiger partial charge < -0.3 is 5.32 Å². The first kappa shape index (κ1) is 9.43. The Morgan fingerprint density at radius 3 is 3.14 bits per heavy atom. The highest BCUT2D eigenvalue weighted by Crippen LogP contribution is 2.09. The maximum atomic E-state index is 5.83. The molecule has 0 spiro atoms. The smallest absolute Gasteiger partial charge is 0.155 e. The van der Waals surface area contributed by atoms with E-state index >= 15 is 0 Å².